The number of likely N-dealkylation sites (tertiary alicyclic amines) is 3. The van der Waals surface area contributed by atoms with Gasteiger partial charge in [0.1, 0.15) is 5.75 Å². The van der Waals surface area contributed by atoms with Crippen LogP contribution >= 0.6 is 23.2 Å². The second-order valence-electron chi connectivity index (χ2n) is 33.8. The first-order chi connectivity index (χ1) is 53.9. The largest absolute Gasteiger partial charge is 0.573 e. The van der Waals surface area contributed by atoms with Crippen LogP contribution in [-0.2, 0) is 25.4 Å². The van der Waals surface area contributed by atoms with Crippen LogP contribution in [0.1, 0.15) is 177 Å². The zero-order chi connectivity index (χ0) is 82.6. The molecule has 26 heteroatoms. The van der Waals surface area contributed by atoms with Crippen LogP contribution in [-0.4, -0.2) is 202 Å². The number of halogens is 8. The van der Waals surface area contributed by atoms with E-state index < -0.39 is 30.2 Å². The molecule has 0 bridgehead atoms. The van der Waals surface area contributed by atoms with Crippen molar-refractivity contribution in [2.75, 3.05) is 91.6 Å². The number of nitrogens with zero attached hydrogens (tertiary/aromatic N) is 9. The van der Waals surface area contributed by atoms with Gasteiger partial charge in [-0.05, 0) is 163 Å². The second kappa shape index (κ2) is 38.6. The van der Waals surface area contributed by atoms with Gasteiger partial charge in [-0.15, -0.1) is 13.2 Å². The fourth-order valence-electron chi connectivity index (χ4n) is 17.3. The van der Waals surface area contributed by atoms with Crippen molar-refractivity contribution in [1.82, 2.24) is 44.1 Å². The summed E-state index contributed by atoms with van der Waals surface area (Å²) in [6.45, 7) is 27.6. The first kappa shape index (κ1) is 88.0. The Balaban J connectivity index is 0.000000181. The number of ether oxygens (including phenoxy) is 1. The number of hydrogen-bond acceptors (Lipinski definition) is 10. The van der Waals surface area contributed by atoms with E-state index >= 15 is 0 Å². The molecular formula is C88H113Cl2F6N11O7. The highest BCUT2D eigenvalue weighted by molar-refractivity contribution is 6.30. The number of piperazine rings is 3. The molecule has 0 spiro atoms. The van der Waals surface area contributed by atoms with Gasteiger partial charge in [0.25, 0.3) is 0 Å². The molecule has 0 saturated carbocycles. The summed E-state index contributed by atoms with van der Waals surface area (Å²) in [7, 11) is 0. The van der Waals surface area contributed by atoms with Gasteiger partial charge < -0.3 is 45.6 Å². The number of urea groups is 2. The van der Waals surface area contributed by atoms with Gasteiger partial charge in [-0.2, -0.15) is 13.2 Å². The van der Waals surface area contributed by atoms with E-state index in [0.717, 1.165) is 103 Å². The molecule has 6 aromatic carbocycles. The van der Waals surface area contributed by atoms with E-state index in [-0.39, 0.29) is 94.3 Å². The standard InChI is InChI=1S/C30H39F3N4O3.C30H39F3N4O2.C28H35Cl2N3O2/c1-29(2,3)25-20-36(17-18-37(25)26(38)19-21-13-15-35(16-14-21)28(34)39)27(22-7-5-4-6-8-22)23-9-11-24(12-10-23)40-30(31,32)33;1-29(2,3)25-20-36(17-18-37(25)26(38)19-21-13-15-35(16-14-21)28(34)39)27(22-7-5-4-6-8-22)23-9-11-24(12-10-23)30(31,32)33;1-19-18-33(28(23-4-8-25(29)9-5-23)24-6-10-26(30)11-7-24)20(2)17-32(19)27(35)16-22-12-14-31(15-13-22)21(3)34/h4-12,21,25,27H,13-20H2,1-3H3,(H2,34,39);4-12,21,25,27H,13-20H2,1-3H3,(H2,34,39);4-11,19-20,22,28H,12-18H2,1-3H3/t2*25-,27?;19-,20+/m110/s1. The smallest absolute Gasteiger partial charge is 0.406 e. The van der Waals surface area contributed by atoms with E-state index in [0.29, 0.717) is 97.2 Å². The Kier molecular flexibility index (Phi) is 29.8. The average Bonchev–Trinajstić information content (AvgIpc) is 0.777. The molecule has 12 rings (SSSR count). The lowest BCUT2D eigenvalue weighted by molar-refractivity contribution is -0.274. The Bertz CT molecular complexity index is 4090. The molecule has 6 saturated heterocycles. The van der Waals surface area contributed by atoms with Crippen LogP contribution in [0, 0.1) is 28.6 Å². The number of hydrogen-bond donors (Lipinski definition) is 2. The summed E-state index contributed by atoms with van der Waals surface area (Å²) in [5, 5.41) is 1.43. The van der Waals surface area contributed by atoms with Crippen LogP contribution in [0.3, 0.4) is 0 Å². The van der Waals surface area contributed by atoms with Gasteiger partial charge >= 0.3 is 24.6 Å². The van der Waals surface area contributed by atoms with Crippen LogP contribution in [0.2, 0.25) is 10.0 Å². The molecule has 18 nitrogen and oxygen atoms in total. The van der Waals surface area contributed by atoms with Crippen molar-refractivity contribution >= 4 is 58.9 Å². The van der Waals surface area contributed by atoms with Gasteiger partial charge in [0.05, 0.1) is 23.7 Å². The topological polar surface area (TPSA) is 193 Å². The molecule has 618 valence electrons. The molecule has 2 unspecified atom stereocenters. The van der Waals surface area contributed by atoms with E-state index in [4.69, 9.17) is 34.7 Å². The lowest BCUT2D eigenvalue weighted by Crippen LogP contribution is -2.60. The van der Waals surface area contributed by atoms with Crippen LogP contribution in [0.5, 0.6) is 5.75 Å². The molecule has 6 atom stereocenters. The van der Waals surface area contributed by atoms with Gasteiger partial charge in [0, 0.05) is 152 Å². The highest BCUT2D eigenvalue weighted by Gasteiger charge is 2.45. The van der Waals surface area contributed by atoms with Crippen molar-refractivity contribution in [3.05, 3.63) is 207 Å². The van der Waals surface area contributed by atoms with Gasteiger partial charge in [-0.3, -0.25) is 33.9 Å². The maximum Gasteiger partial charge on any atom is 0.573 e. The summed E-state index contributed by atoms with van der Waals surface area (Å²) in [4.78, 5) is 93.4. The third kappa shape index (κ3) is 23.7. The quantitative estimate of drug-likeness (QED) is 0.0881. The fraction of sp³-hybridized carbons (Fsp3) is 0.523. The molecule has 114 heavy (non-hydrogen) atoms. The van der Waals surface area contributed by atoms with E-state index in [1.807, 2.05) is 99.6 Å². The maximum atomic E-state index is 13.6. The normalized spacial score (nSPS) is 20.9. The van der Waals surface area contributed by atoms with Crippen molar-refractivity contribution in [3.63, 3.8) is 0 Å². The van der Waals surface area contributed by atoms with Crippen LogP contribution < -0.4 is 16.2 Å². The number of alkyl halides is 6. The first-order valence-electron chi connectivity index (χ1n) is 40.0. The number of amides is 8. The highest BCUT2D eigenvalue weighted by Crippen LogP contribution is 2.42. The number of carbonyl (C=O) groups is 6. The van der Waals surface area contributed by atoms with Crippen molar-refractivity contribution in [1.29, 1.82) is 0 Å². The molecule has 0 aliphatic carbocycles. The SMILES string of the molecule is CC(=O)N1CCC(CC(=O)N2C[C@@H](C)N(C(c3ccc(Cl)cc3)c3ccc(Cl)cc3)C[C@@H]2C)CC1.CC(C)(C)[C@H]1CN(C(c2ccccc2)c2ccc(C(F)(F)F)cc2)CCN1C(=O)CC1CCN(C(N)=O)CC1.CC(C)(C)[C@H]1CN(C(c2ccccc2)c2ccc(OC(F)(F)F)cc2)CCN1C(=O)CC1CCN(C(N)=O)CC1. The zero-order valence-corrected chi connectivity index (χ0v) is 68.6. The molecule has 6 aromatic rings. The summed E-state index contributed by atoms with van der Waals surface area (Å²) >= 11 is 12.4. The van der Waals surface area contributed by atoms with Crippen molar-refractivity contribution < 1.29 is 59.8 Å². The molecule has 0 radical (unpaired) electrons. The predicted octanol–water partition coefficient (Wildman–Crippen LogP) is 16.6. The molecule has 6 heterocycles. The number of nitrogens with two attached hydrogens (primary N) is 2. The predicted molar refractivity (Wildman–Crippen MR) is 433 cm³/mol. The highest BCUT2D eigenvalue weighted by atomic mass is 35.5. The Morgan fingerprint density at radius 2 is 0.746 bits per heavy atom. The Morgan fingerprint density at radius 3 is 1.09 bits per heavy atom. The molecule has 6 aliphatic heterocycles. The number of benzene rings is 6. The average molecular weight is 1620 g/mol. The summed E-state index contributed by atoms with van der Waals surface area (Å²) in [5.74, 6) is 1.15. The molecule has 6 aliphatic rings. The molecule has 0 aromatic heterocycles. The zero-order valence-electron chi connectivity index (χ0n) is 67.1. The minimum atomic E-state index is -4.75. The monoisotopic (exact) mass is 1620 g/mol. The Hall–Kier alpha value is -8.42. The molecule has 4 N–H and O–H groups in total. The number of carbonyl (C=O) groups excluding carboxylic acids is 6. The summed E-state index contributed by atoms with van der Waals surface area (Å²) in [6.07, 6.45) is -2.81. The minimum Gasteiger partial charge on any atom is -0.406 e. The third-order valence-corrected chi connectivity index (χ3v) is 24.3. The van der Waals surface area contributed by atoms with Gasteiger partial charge in [0.15, 0.2) is 0 Å². The van der Waals surface area contributed by atoms with Crippen molar-refractivity contribution in [2.45, 2.75) is 175 Å². The molecule has 6 fully saturated rings. The van der Waals surface area contributed by atoms with Gasteiger partial charge in [0.2, 0.25) is 23.6 Å². The minimum absolute atomic E-state index is 0.0511. The van der Waals surface area contributed by atoms with E-state index in [2.05, 4.69) is 104 Å². The van der Waals surface area contributed by atoms with Gasteiger partial charge in [-0.1, -0.05) is 174 Å². The Morgan fingerprint density at radius 1 is 0.412 bits per heavy atom. The van der Waals surface area contributed by atoms with Crippen molar-refractivity contribution in [3.8, 4) is 5.75 Å². The van der Waals surface area contributed by atoms with Crippen LogP contribution in [0.4, 0.5) is 35.9 Å². The fourth-order valence-corrected chi connectivity index (χ4v) is 17.6. The number of piperidine rings is 3. The lowest BCUT2D eigenvalue weighted by atomic mass is 9.82. The third-order valence-electron chi connectivity index (χ3n) is 23.8. The summed E-state index contributed by atoms with van der Waals surface area (Å²) in [6, 6.07) is 46.3. The molecular weight excluding hydrogens is 1510 g/mol. The maximum absolute atomic E-state index is 13.6. The summed E-state index contributed by atoms with van der Waals surface area (Å²) < 4.78 is 82.0. The van der Waals surface area contributed by atoms with E-state index in [1.165, 1.54) is 23.3 Å². The second-order valence-corrected chi connectivity index (χ2v) is 34.7. The number of primary amides is 2. The summed E-state index contributed by atoms with van der Waals surface area (Å²) in [5.41, 5.74) is 15.8. The van der Waals surface area contributed by atoms with Gasteiger partial charge in [-0.25, -0.2) is 9.59 Å². The van der Waals surface area contributed by atoms with Crippen molar-refractivity contribution in [2.24, 2.45) is 40.1 Å². The first-order valence-corrected chi connectivity index (χ1v) is 40.7. The van der Waals surface area contributed by atoms with E-state index in [9.17, 15) is 55.1 Å². The molecule has 8 amide bonds. The number of rotatable bonds is 16. The van der Waals surface area contributed by atoms with E-state index in [1.54, 1.807) is 41.0 Å². The van der Waals surface area contributed by atoms with Crippen LogP contribution in [0.15, 0.2) is 158 Å². The lowest BCUT2D eigenvalue weighted by Gasteiger charge is -2.50. The Labute approximate surface area is 678 Å². The van der Waals surface area contributed by atoms with Crippen LogP contribution in [0.25, 0.3) is 0 Å².